The van der Waals surface area contributed by atoms with Crippen molar-refractivity contribution in [1.82, 2.24) is 5.32 Å². The number of thioether (sulfide) groups is 1. The van der Waals surface area contributed by atoms with Gasteiger partial charge in [0.15, 0.2) is 0 Å². The minimum Gasteiger partial charge on any atom is -0.497 e. The zero-order valence-corrected chi connectivity index (χ0v) is 14.3. The largest absolute Gasteiger partial charge is 0.497 e. The Morgan fingerprint density at radius 1 is 1.21 bits per heavy atom. The third kappa shape index (κ3) is 7.23. The van der Waals surface area contributed by atoms with Gasteiger partial charge in [0, 0.05) is 11.0 Å². The number of benzene rings is 1. The van der Waals surface area contributed by atoms with E-state index < -0.39 is 0 Å². The van der Waals surface area contributed by atoms with Crippen LogP contribution in [-0.2, 0) is 6.54 Å². The second-order valence-electron chi connectivity index (χ2n) is 4.54. The van der Waals surface area contributed by atoms with Crippen LogP contribution in [0.3, 0.4) is 0 Å². The molecule has 0 bridgehead atoms. The Bertz CT molecular complexity index is 360. The molecule has 0 heterocycles. The molecule has 0 fully saturated rings. The average molecular weight is 346 g/mol. The van der Waals surface area contributed by atoms with E-state index in [0.29, 0.717) is 0 Å². The van der Waals surface area contributed by atoms with Gasteiger partial charge in [-0.3, -0.25) is 0 Å². The molecule has 0 spiro atoms. The third-order valence-corrected chi connectivity index (χ3v) is 4.49. The third-order valence-electron chi connectivity index (χ3n) is 3.02. The van der Waals surface area contributed by atoms with Crippen molar-refractivity contribution in [2.24, 2.45) is 0 Å². The fourth-order valence-corrected chi connectivity index (χ4v) is 2.77. The summed E-state index contributed by atoms with van der Waals surface area (Å²) in [6.45, 7) is 1.98. The number of hydrogen-bond acceptors (Lipinski definition) is 3. The molecule has 0 saturated carbocycles. The Labute approximate surface area is 129 Å². The molecule has 4 heteroatoms. The summed E-state index contributed by atoms with van der Waals surface area (Å²) in [5.41, 5.74) is 1.25. The summed E-state index contributed by atoms with van der Waals surface area (Å²) in [6, 6.07) is 6.09. The number of nitrogens with one attached hydrogen (secondary N) is 1. The Kier molecular flexibility index (Phi) is 9.39. The summed E-state index contributed by atoms with van der Waals surface area (Å²) in [5, 5.41) is 3.49. The minimum atomic E-state index is 0.891. The number of hydrogen-bond donors (Lipinski definition) is 1. The van der Waals surface area contributed by atoms with Crippen LogP contribution in [0.1, 0.15) is 31.2 Å². The highest BCUT2D eigenvalue weighted by Gasteiger charge is 2.01. The molecule has 19 heavy (non-hydrogen) atoms. The molecule has 0 atom stereocenters. The Morgan fingerprint density at radius 3 is 2.74 bits per heavy atom. The zero-order chi connectivity index (χ0) is 13.9. The van der Waals surface area contributed by atoms with Crippen LogP contribution in [0.2, 0.25) is 0 Å². The van der Waals surface area contributed by atoms with Crippen LogP contribution < -0.4 is 10.1 Å². The highest BCUT2D eigenvalue weighted by atomic mass is 79.9. The second kappa shape index (κ2) is 10.6. The van der Waals surface area contributed by atoms with Gasteiger partial charge in [-0.2, -0.15) is 11.8 Å². The van der Waals surface area contributed by atoms with E-state index in [4.69, 9.17) is 4.74 Å². The zero-order valence-electron chi connectivity index (χ0n) is 11.9. The first-order chi connectivity index (χ1) is 9.27. The summed E-state index contributed by atoms with van der Waals surface area (Å²) in [6.07, 6.45) is 7.46. The molecule has 1 aromatic rings. The number of methoxy groups -OCH3 is 1. The van der Waals surface area contributed by atoms with Crippen molar-refractivity contribution in [1.29, 1.82) is 0 Å². The molecule has 1 N–H and O–H groups in total. The maximum absolute atomic E-state index is 5.24. The molecule has 0 aromatic heterocycles. The summed E-state index contributed by atoms with van der Waals surface area (Å²) >= 11 is 5.51. The lowest BCUT2D eigenvalue weighted by atomic mass is 10.2. The molecule has 0 saturated heterocycles. The number of halogens is 1. The van der Waals surface area contributed by atoms with Crippen molar-refractivity contribution < 1.29 is 4.74 Å². The predicted octanol–water partition coefficient (Wildman–Crippen LogP) is 4.47. The topological polar surface area (TPSA) is 21.3 Å². The van der Waals surface area contributed by atoms with Crippen LogP contribution in [0.4, 0.5) is 0 Å². The van der Waals surface area contributed by atoms with E-state index in [1.807, 2.05) is 23.9 Å². The second-order valence-corrected chi connectivity index (χ2v) is 6.38. The Hall–Kier alpha value is -0.190. The molecule has 0 radical (unpaired) electrons. The van der Waals surface area contributed by atoms with Crippen LogP contribution in [-0.4, -0.2) is 25.7 Å². The molecular formula is C15H24BrNOS. The summed E-state index contributed by atoms with van der Waals surface area (Å²) in [4.78, 5) is 0. The molecule has 0 amide bonds. The van der Waals surface area contributed by atoms with Crippen LogP contribution in [0.5, 0.6) is 5.75 Å². The van der Waals surface area contributed by atoms with Crippen molar-refractivity contribution in [2.75, 3.05) is 25.7 Å². The van der Waals surface area contributed by atoms with Gasteiger partial charge in [-0.25, -0.2) is 0 Å². The normalized spacial score (nSPS) is 10.7. The van der Waals surface area contributed by atoms with E-state index in [1.165, 1.54) is 37.0 Å². The van der Waals surface area contributed by atoms with Crippen molar-refractivity contribution >= 4 is 27.7 Å². The first-order valence-electron chi connectivity index (χ1n) is 6.80. The molecular weight excluding hydrogens is 322 g/mol. The molecule has 0 aliphatic rings. The van der Waals surface area contributed by atoms with Crippen LogP contribution in [0, 0.1) is 0 Å². The fraction of sp³-hybridized carbons (Fsp3) is 0.600. The van der Waals surface area contributed by atoms with E-state index in [2.05, 4.69) is 33.6 Å². The maximum atomic E-state index is 5.24. The van der Waals surface area contributed by atoms with E-state index in [-0.39, 0.29) is 0 Å². The standard InChI is InChI=1S/C15H24BrNOS/c1-18-14-7-8-15(16)13(11-14)12-17-9-5-3-4-6-10-19-2/h7-8,11,17H,3-6,9-10,12H2,1-2H3. The molecule has 0 unspecified atom stereocenters. The van der Waals surface area contributed by atoms with Crippen molar-refractivity contribution in [3.8, 4) is 5.75 Å². The van der Waals surface area contributed by atoms with E-state index in [0.717, 1.165) is 23.3 Å². The average Bonchev–Trinajstić information content (AvgIpc) is 2.43. The molecule has 1 rings (SSSR count). The van der Waals surface area contributed by atoms with Crippen molar-refractivity contribution in [3.05, 3.63) is 28.2 Å². The minimum absolute atomic E-state index is 0.891. The van der Waals surface area contributed by atoms with Crippen LogP contribution in [0.15, 0.2) is 22.7 Å². The van der Waals surface area contributed by atoms with Crippen molar-refractivity contribution in [3.63, 3.8) is 0 Å². The first-order valence-corrected chi connectivity index (χ1v) is 8.98. The van der Waals surface area contributed by atoms with E-state index in [9.17, 15) is 0 Å². The summed E-state index contributed by atoms with van der Waals surface area (Å²) in [7, 11) is 1.70. The van der Waals surface area contributed by atoms with Gasteiger partial charge in [-0.1, -0.05) is 28.8 Å². The van der Waals surface area contributed by atoms with Gasteiger partial charge in [0.1, 0.15) is 5.75 Å². The lowest BCUT2D eigenvalue weighted by Crippen LogP contribution is -2.15. The SMILES string of the molecule is COc1ccc(Br)c(CNCCCCCCSC)c1. The first kappa shape index (κ1) is 16.9. The number of ether oxygens (including phenoxy) is 1. The van der Waals surface area contributed by atoms with Crippen LogP contribution >= 0.6 is 27.7 Å². The Balaban J connectivity index is 2.15. The molecule has 2 nitrogen and oxygen atoms in total. The highest BCUT2D eigenvalue weighted by Crippen LogP contribution is 2.22. The van der Waals surface area contributed by atoms with Gasteiger partial charge in [0.25, 0.3) is 0 Å². The molecule has 0 aliphatic carbocycles. The maximum Gasteiger partial charge on any atom is 0.119 e. The Morgan fingerprint density at radius 2 is 2.00 bits per heavy atom. The summed E-state index contributed by atoms with van der Waals surface area (Å²) in [5.74, 6) is 2.21. The van der Waals surface area contributed by atoms with Gasteiger partial charge < -0.3 is 10.1 Å². The van der Waals surface area contributed by atoms with Crippen molar-refractivity contribution in [2.45, 2.75) is 32.2 Å². The lowest BCUT2D eigenvalue weighted by molar-refractivity contribution is 0.414. The number of rotatable bonds is 10. The monoisotopic (exact) mass is 345 g/mol. The van der Waals surface area contributed by atoms with Gasteiger partial charge in [-0.15, -0.1) is 0 Å². The molecule has 0 aliphatic heterocycles. The van der Waals surface area contributed by atoms with Gasteiger partial charge in [-0.05, 0) is 55.2 Å². The smallest absolute Gasteiger partial charge is 0.119 e. The van der Waals surface area contributed by atoms with Crippen LogP contribution in [0.25, 0.3) is 0 Å². The number of unbranched alkanes of at least 4 members (excludes halogenated alkanes) is 3. The van der Waals surface area contributed by atoms with Gasteiger partial charge in [0.05, 0.1) is 7.11 Å². The van der Waals surface area contributed by atoms with Gasteiger partial charge in [0.2, 0.25) is 0 Å². The molecule has 108 valence electrons. The van der Waals surface area contributed by atoms with E-state index in [1.54, 1.807) is 7.11 Å². The quantitative estimate of drug-likeness (QED) is 0.632. The lowest BCUT2D eigenvalue weighted by Gasteiger charge is -2.09. The van der Waals surface area contributed by atoms with Gasteiger partial charge >= 0.3 is 0 Å². The van der Waals surface area contributed by atoms with E-state index >= 15 is 0 Å². The highest BCUT2D eigenvalue weighted by molar-refractivity contribution is 9.10. The summed E-state index contributed by atoms with van der Waals surface area (Å²) < 4.78 is 6.38. The predicted molar refractivity (Wildman–Crippen MR) is 89.3 cm³/mol. The fourth-order valence-electron chi connectivity index (χ4n) is 1.89. The molecule has 1 aromatic carbocycles.